The van der Waals surface area contributed by atoms with Crippen molar-refractivity contribution < 1.29 is 18.9 Å². The molecule has 5 aromatic rings. The van der Waals surface area contributed by atoms with Gasteiger partial charge in [0.2, 0.25) is 0 Å². The lowest BCUT2D eigenvalue weighted by molar-refractivity contribution is -0.210. The SMILES string of the molecule is c1ccc(CCN2C[C@H](OCc3ccccc3)[C@@H](OCc3ccccc3)[C@H](OCc3ccccc3)[C@H]2COCc2ccccc2)cc1. The zero-order chi connectivity index (χ0) is 31.9. The van der Waals surface area contributed by atoms with Crippen molar-refractivity contribution in [2.45, 2.75) is 57.2 Å². The Balaban J connectivity index is 1.29. The minimum absolute atomic E-state index is 0.0384. The van der Waals surface area contributed by atoms with E-state index in [1.165, 1.54) is 5.56 Å². The minimum Gasteiger partial charge on any atom is -0.375 e. The van der Waals surface area contributed by atoms with Crippen LogP contribution in [0.2, 0.25) is 0 Å². The normalized spacial score (nSPS) is 19.8. The van der Waals surface area contributed by atoms with E-state index in [1.807, 2.05) is 24.3 Å². The van der Waals surface area contributed by atoms with E-state index in [0.717, 1.165) is 35.2 Å². The summed E-state index contributed by atoms with van der Waals surface area (Å²) in [5.41, 5.74) is 5.85. The van der Waals surface area contributed by atoms with Gasteiger partial charge in [0.05, 0.1) is 45.2 Å². The van der Waals surface area contributed by atoms with E-state index in [-0.39, 0.29) is 24.4 Å². The molecule has 4 atom stereocenters. The Hall–Kier alpha value is -4.10. The van der Waals surface area contributed by atoms with E-state index in [2.05, 4.69) is 132 Å². The van der Waals surface area contributed by atoms with Crippen molar-refractivity contribution in [3.63, 3.8) is 0 Å². The average molecular weight is 628 g/mol. The number of hydrogen-bond donors (Lipinski definition) is 0. The lowest BCUT2D eigenvalue weighted by atomic mass is 9.92. The summed E-state index contributed by atoms with van der Waals surface area (Å²) >= 11 is 0. The third kappa shape index (κ3) is 9.94. The molecule has 0 spiro atoms. The maximum atomic E-state index is 6.92. The summed E-state index contributed by atoms with van der Waals surface area (Å²) in [7, 11) is 0. The van der Waals surface area contributed by atoms with Gasteiger partial charge >= 0.3 is 0 Å². The molecular weight excluding hydrogens is 582 g/mol. The van der Waals surface area contributed by atoms with Crippen LogP contribution in [0.3, 0.4) is 0 Å². The van der Waals surface area contributed by atoms with Crippen molar-refractivity contribution in [3.05, 3.63) is 179 Å². The van der Waals surface area contributed by atoms with E-state index in [0.29, 0.717) is 39.6 Å². The molecular formula is C42H45NO4. The van der Waals surface area contributed by atoms with Gasteiger partial charge in [-0.2, -0.15) is 0 Å². The van der Waals surface area contributed by atoms with Crippen LogP contribution in [0.5, 0.6) is 0 Å². The van der Waals surface area contributed by atoms with E-state index in [9.17, 15) is 0 Å². The molecule has 6 rings (SSSR count). The lowest BCUT2D eigenvalue weighted by Crippen LogP contribution is -2.64. The van der Waals surface area contributed by atoms with Gasteiger partial charge in [-0.15, -0.1) is 0 Å². The molecule has 1 aliphatic heterocycles. The molecule has 0 saturated carbocycles. The minimum atomic E-state index is -0.305. The van der Waals surface area contributed by atoms with Crippen molar-refractivity contribution >= 4 is 0 Å². The number of piperidine rings is 1. The summed E-state index contributed by atoms with van der Waals surface area (Å²) in [5, 5.41) is 0. The van der Waals surface area contributed by atoms with Crippen molar-refractivity contribution in [2.24, 2.45) is 0 Å². The molecule has 5 aromatic carbocycles. The molecule has 0 unspecified atom stereocenters. The molecule has 1 fully saturated rings. The molecule has 1 saturated heterocycles. The Morgan fingerprint density at radius 1 is 0.447 bits per heavy atom. The van der Waals surface area contributed by atoms with Crippen molar-refractivity contribution in [2.75, 3.05) is 19.7 Å². The first-order valence-electron chi connectivity index (χ1n) is 16.7. The first kappa shape index (κ1) is 32.8. The van der Waals surface area contributed by atoms with Crippen LogP contribution >= 0.6 is 0 Å². The van der Waals surface area contributed by atoms with Crippen molar-refractivity contribution in [1.82, 2.24) is 4.90 Å². The van der Waals surface area contributed by atoms with Crippen LogP contribution in [0.1, 0.15) is 27.8 Å². The van der Waals surface area contributed by atoms with Crippen LogP contribution < -0.4 is 0 Å². The Labute approximate surface area is 279 Å². The van der Waals surface area contributed by atoms with Gasteiger partial charge in [0.15, 0.2) is 0 Å². The third-order valence-electron chi connectivity index (χ3n) is 8.76. The Bertz CT molecular complexity index is 1550. The summed E-state index contributed by atoms with van der Waals surface area (Å²) in [4.78, 5) is 2.51. The molecule has 5 nitrogen and oxygen atoms in total. The maximum absolute atomic E-state index is 6.92. The van der Waals surface area contributed by atoms with Crippen molar-refractivity contribution in [1.29, 1.82) is 0 Å². The van der Waals surface area contributed by atoms with E-state index in [4.69, 9.17) is 18.9 Å². The molecule has 0 radical (unpaired) electrons. The van der Waals surface area contributed by atoms with Gasteiger partial charge in [0.25, 0.3) is 0 Å². The first-order valence-corrected chi connectivity index (χ1v) is 16.7. The molecule has 0 aliphatic carbocycles. The zero-order valence-corrected chi connectivity index (χ0v) is 27.0. The summed E-state index contributed by atoms with van der Waals surface area (Å²) in [6.45, 7) is 4.07. The van der Waals surface area contributed by atoms with Gasteiger partial charge in [-0.1, -0.05) is 152 Å². The highest BCUT2D eigenvalue weighted by Gasteiger charge is 2.46. The fourth-order valence-corrected chi connectivity index (χ4v) is 6.22. The van der Waals surface area contributed by atoms with E-state index < -0.39 is 0 Å². The summed E-state index contributed by atoms with van der Waals surface area (Å²) in [5.74, 6) is 0. The number of benzene rings is 5. The number of hydrogen-bond acceptors (Lipinski definition) is 5. The predicted molar refractivity (Wildman–Crippen MR) is 187 cm³/mol. The molecule has 5 heteroatoms. The van der Waals surface area contributed by atoms with Crippen LogP contribution in [0.25, 0.3) is 0 Å². The molecule has 0 amide bonds. The molecule has 0 bridgehead atoms. The Kier molecular flexibility index (Phi) is 12.4. The smallest absolute Gasteiger partial charge is 0.113 e. The highest BCUT2D eigenvalue weighted by molar-refractivity contribution is 5.18. The fourth-order valence-electron chi connectivity index (χ4n) is 6.22. The van der Waals surface area contributed by atoms with Gasteiger partial charge in [-0.25, -0.2) is 0 Å². The molecule has 47 heavy (non-hydrogen) atoms. The third-order valence-corrected chi connectivity index (χ3v) is 8.76. The number of nitrogens with zero attached hydrogens (tertiary/aromatic N) is 1. The molecule has 242 valence electrons. The maximum Gasteiger partial charge on any atom is 0.113 e. The Morgan fingerprint density at radius 2 is 0.851 bits per heavy atom. The first-order chi connectivity index (χ1) is 23.3. The summed E-state index contributed by atoms with van der Waals surface area (Å²) < 4.78 is 27.0. The van der Waals surface area contributed by atoms with Gasteiger partial charge in [-0.05, 0) is 34.2 Å². The van der Waals surface area contributed by atoms with Gasteiger partial charge in [0.1, 0.15) is 12.2 Å². The summed E-state index contributed by atoms with van der Waals surface area (Å²) in [6.07, 6.45) is 0.115. The molecule has 1 heterocycles. The van der Waals surface area contributed by atoms with Crippen LogP contribution in [-0.2, 0) is 51.8 Å². The lowest BCUT2D eigenvalue weighted by Gasteiger charge is -2.48. The zero-order valence-electron chi connectivity index (χ0n) is 27.0. The number of rotatable bonds is 16. The van der Waals surface area contributed by atoms with E-state index >= 15 is 0 Å². The van der Waals surface area contributed by atoms with Crippen LogP contribution in [0.15, 0.2) is 152 Å². The highest BCUT2D eigenvalue weighted by Crippen LogP contribution is 2.29. The van der Waals surface area contributed by atoms with Gasteiger partial charge in [0, 0.05) is 13.1 Å². The number of ether oxygens (including phenoxy) is 4. The second-order valence-corrected chi connectivity index (χ2v) is 12.2. The fraction of sp³-hybridized carbons (Fsp3) is 0.286. The second-order valence-electron chi connectivity index (χ2n) is 12.2. The van der Waals surface area contributed by atoms with Crippen molar-refractivity contribution in [3.8, 4) is 0 Å². The van der Waals surface area contributed by atoms with Gasteiger partial charge in [-0.3, -0.25) is 4.90 Å². The van der Waals surface area contributed by atoms with E-state index in [1.54, 1.807) is 0 Å². The van der Waals surface area contributed by atoms with Crippen LogP contribution in [-0.4, -0.2) is 49.0 Å². The Morgan fingerprint density at radius 3 is 1.34 bits per heavy atom. The number of likely N-dealkylation sites (tertiary alicyclic amines) is 1. The molecule has 1 aliphatic rings. The van der Waals surface area contributed by atoms with Crippen LogP contribution in [0.4, 0.5) is 0 Å². The topological polar surface area (TPSA) is 40.2 Å². The quantitative estimate of drug-likeness (QED) is 0.111. The monoisotopic (exact) mass is 627 g/mol. The molecule has 0 aromatic heterocycles. The average Bonchev–Trinajstić information content (AvgIpc) is 3.14. The second kappa shape index (κ2) is 17.7. The predicted octanol–water partition coefficient (Wildman–Crippen LogP) is 7.89. The standard InChI is InChI=1S/C42H45NO4/c1-6-16-34(17-7-1)26-27-43-28-40(45-30-36-20-10-3-11-21-36)42(47-32-38-24-14-5-15-25-38)41(46-31-37-22-12-4-13-23-37)39(43)33-44-29-35-18-8-2-9-19-35/h1-25,39-42H,26-33H2/t39-,40+,41-,42-/m1/s1. The summed E-state index contributed by atoms with van der Waals surface area (Å²) in [6, 6.07) is 52.1. The molecule has 0 N–H and O–H groups in total. The van der Waals surface area contributed by atoms with Crippen LogP contribution in [0, 0.1) is 0 Å². The van der Waals surface area contributed by atoms with Gasteiger partial charge < -0.3 is 18.9 Å². The largest absolute Gasteiger partial charge is 0.375 e. The highest BCUT2D eigenvalue weighted by atomic mass is 16.6.